The monoisotopic (exact) mass is 347 g/mol. The van der Waals surface area contributed by atoms with Gasteiger partial charge in [0.15, 0.2) is 0 Å². The number of thioether (sulfide) groups is 1. The van der Waals surface area contributed by atoms with E-state index in [1.165, 1.54) is 4.88 Å². The van der Waals surface area contributed by atoms with Crippen molar-refractivity contribution in [1.82, 2.24) is 4.90 Å². The predicted octanol–water partition coefficient (Wildman–Crippen LogP) is 4.47. The van der Waals surface area contributed by atoms with Gasteiger partial charge >= 0.3 is 0 Å². The minimum Gasteiger partial charge on any atom is -0.493 e. The fourth-order valence-electron chi connectivity index (χ4n) is 2.77. The lowest BCUT2D eigenvalue weighted by atomic mass is 10.1. The molecule has 0 N–H and O–H groups in total. The van der Waals surface area contributed by atoms with Crippen LogP contribution in [0.1, 0.15) is 33.8 Å². The second-order valence-corrected chi connectivity index (χ2v) is 7.67. The molecule has 1 atom stereocenters. The van der Waals surface area contributed by atoms with Crippen LogP contribution in [0.2, 0.25) is 0 Å². The Balaban J connectivity index is 1.71. The molecule has 2 aromatic rings. The van der Waals surface area contributed by atoms with Gasteiger partial charge in [0.05, 0.1) is 12.2 Å². The molecular formula is C18H21NO2S2. The van der Waals surface area contributed by atoms with E-state index in [9.17, 15) is 4.79 Å². The van der Waals surface area contributed by atoms with Crippen LogP contribution in [0.5, 0.6) is 5.75 Å². The summed E-state index contributed by atoms with van der Waals surface area (Å²) in [6, 6.07) is 11.8. The number of ether oxygens (including phenoxy) is 1. The van der Waals surface area contributed by atoms with Crippen molar-refractivity contribution < 1.29 is 9.53 Å². The van der Waals surface area contributed by atoms with E-state index in [1.54, 1.807) is 0 Å². The summed E-state index contributed by atoms with van der Waals surface area (Å²) in [6.45, 7) is 4.11. The van der Waals surface area contributed by atoms with Gasteiger partial charge in [0.1, 0.15) is 5.75 Å². The molecule has 122 valence electrons. The van der Waals surface area contributed by atoms with Crippen molar-refractivity contribution in [2.24, 2.45) is 0 Å². The minimum atomic E-state index is 0.0847. The van der Waals surface area contributed by atoms with Crippen LogP contribution >= 0.6 is 23.1 Å². The number of amides is 1. The normalized spacial score (nSPS) is 18.5. The molecule has 1 aromatic heterocycles. The highest BCUT2D eigenvalue weighted by molar-refractivity contribution is 7.99. The highest BCUT2D eigenvalue weighted by Gasteiger charge is 2.24. The van der Waals surface area contributed by atoms with Crippen LogP contribution < -0.4 is 4.74 Å². The highest BCUT2D eigenvalue weighted by Crippen LogP contribution is 2.37. The summed E-state index contributed by atoms with van der Waals surface area (Å²) in [5.74, 6) is 1.75. The van der Waals surface area contributed by atoms with Gasteiger partial charge in [0.25, 0.3) is 5.91 Å². The summed E-state index contributed by atoms with van der Waals surface area (Å²) in [6.07, 6.45) is 1.01. The summed E-state index contributed by atoms with van der Waals surface area (Å²) < 4.78 is 5.61. The Morgan fingerprint density at radius 1 is 1.26 bits per heavy atom. The number of hydrogen-bond donors (Lipinski definition) is 0. The van der Waals surface area contributed by atoms with Crippen LogP contribution in [0.3, 0.4) is 0 Å². The standard InChI is InChI=1S/C18H21NO2S2/c1-2-21-15-7-4-3-6-14(15)18(20)19-10-9-17(23-13-11-19)16-8-5-12-22-16/h3-8,12,17H,2,9-11,13H2,1H3/t17-/m0/s1. The molecule has 0 bridgehead atoms. The Kier molecular flexibility index (Phi) is 5.62. The lowest BCUT2D eigenvalue weighted by molar-refractivity contribution is 0.0762. The van der Waals surface area contributed by atoms with Crippen molar-refractivity contribution in [3.05, 3.63) is 52.2 Å². The Labute approximate surface area is 145 Å². The van der Waals surface area contributed by atoms with E-state index in [0.717, 1.165) is 25.3 Å². The first kappa shape index (κ1) is 16.4. The van der Waals surface area contributed by atoms with Crippen LogP contribution in [-0.4, -0.2) is 36.3 Å². The van der Waals surface area contributed by atoms with Gasteiger partial charge in [-0.2, -0.15) is 11.8 Å². The zero-order valence-corrected chi connectivity index (χ0v) is 14.9. The Hall–Kier alpha value is -1.46. The van der Waals surface area contributed by atoms with Gasteiger partial charge in [-0.15, -0.1) is 11.3 Å². The van der Waals surface area contributed by atoms with E-state index < -0.39 is 0 Å². The molecule has 1 aromatic carbocycles. The average molecular weight is 348 g/mol. The molecule has 0 radical (unpaired) electrons. The predicted molar refractivity (Wildman–Crippen MR) is 97.6 cm³/mol. The van der Waals surface area contributed by atoms with Gasteiger partial charge in [0, 0.05) is 29.0 Å². The summed E-state index contributed by atoms with van der Waals surface area (Å²) in [5.41, 5.74) is 0.675. The Morgan fingerprint density at radius 2 is 2.13 bits per heavy atom. The molecule has 0 spiro atoms. The molecule has 1 amide bonds. The van der Waals surface area contributed by atoms with Crippen molar-refractivity contribution in [1.29, 1.82) is 0 Å². The van der Waals surface area contributed by atoms with Crippen LogP contribution in [0.15, 0.2) is 41.8 Å². The zero-order chi connectivity index (χ0) is 16.1. The van der Waals surface area contributed by atoms with E-state index in [0.29, 0.717) is 23.2 Å². The third-order valence-electron chi connectivity index (χ3n) is 3.91. The molecule has 1 saturated heterocycles. The maximum atomic E-state index is 12.9. The first-order valence-corrected chi connectivity index (χ1v) is 9.88. The highest BCUT2D eigenvalue weighted by atomic mass is 32.2. The second-order valence-electron chi connectivity index (χ2n) is 5.38. The number of hydrogen-bond acceptors (Lipinski definition) is 4. The molecule has 1 aliphatic rings. The number of benzene rings is 1. The summed E-state index contributed by atoms with van der Waals surface area (Å²) in [7, 11) is 0. The van der Waals surface area contributed by atoms with E-state index in [1.807, 2.05) is 59.2 Å². The van der Waals surface area contributed by atoms with Crippen molar-refractivity contribution in [3.63, 3.8) is 0 Å². The third kappa shape index (κ3) is 3.90. The molecule has 3 rings (SSSR count). The lowest BCUT2D eigenvalue weighted by Crippen LogP contribution is -2.33. The molecule has 2 heterocycles. The summed E-state index contributed by atoms with van der Waals surface area (Å²) in [5, 5.41) is 2.64. The molecule has 5 heteroatoms. The Morgan fingerprint density at radius 3 is 2.91 bits per heavy atom. The van der Waals surface area contributed by atoms with Crippen LogP contribution in [0.25, 0.3) is 0 Å². The molecule has 0 unspecified atom stereocenters. The van der Waals surface area contributed by atoms with Crippen molar-refractivity contribution >= 4 is 29.0 Å². The van der Waals surface area contributed by atoms with Gasteiger partial charge in [-0.3, -0.25) is 4.79 Å². The lowest BCUT2D eigenvalue weighted by Gasteiger charge is -2.21. The van der Waals surface area contributed by atoms with Gasteiger partial charge < -0.3 is 9.64 Å². The smallest absolute Gasteiger partial charge is 0.257 e. The third-order valence-corrected chi connectivity index (χ3v) is 6.35. The quantitative estimate of drug-likeness (QED) is 0.817. The van der Waals surface area contributed by atoms with Crippen LogP contribution in [-0.2, 0) is 0 Å². The Bertz CT molecular complexity index is 642. The molecule has 0 aliphatic carbocycles. The maximum absolute atomic E-state index is 12.9. The number of carbonyl (C=O) groups is 1. The summed E-state index contributed by atoms with van der Waals surface area (Å²) in [4.78, 5) is 16.3. The molecule has 1 fully saturated rings. The number of para-hydroxylation sites is 1. The van der Waals surface area contributed by atoms with Gasteiger partial charge in [0.2, 0.25) is 0 Å². The van der Waals surface area contributed by atoms with E-state index in [-0.39, 0.29) is 5.91 Å². The maximum Gasteiger partial charge on any atom is 0.257 e. The van der Waals surface area contributed by atoms with Gasteiger partial charge in [-0.25, -0.2) is 0 Å². The molecular weight excluding hydrogens is 326 g/mol. The number of thiophene rings is 1. The first-order valence-electron chi connectivity index (χ1n) is 7.95. The van der Waals surface area contributed by atoms with E-state index in [4.69, 9.17) is 4.74 Å². The topological polar surface area (TPSA) is 29.5 Å². The fourth-order valence-corrected chi connectivity index (χ4v) is 5.01. The van der Waals surface area contributed by atoms with E-state index in [2.05, 4.69) is 17.5 Å². The minimum absolute atomic E-state index is 0.0847. The summed E-state index contributed by atoms with van der Waals surface area (Å²) >= 11 is 3.77. The fraction of sp³-hybridized carbons (Fsp3) is 0.389. The number of nitrogens with zero attached hydrogens (tertiary/aromatic N) is 1. The number of carbonyl (C=O) groups excluding carboxylic acids is 1. The first-order chi connectivity index (χ1) is 11.3. The number of rotatable bonds is 4. The largest absolute Gasteiger partial charge is 0.493 e. The van der Waals surface area contributed by atoms with Crippen molar-refractivity contribution in [2.75, 3.05) is 25.4 Å². The van der Waals surface area contributed by atoms with Gasteiger partial charge in [-0.1, -0.05) is 18.2 Å². The van der Waals surface area contributed by atoms with Crippen molar-refractivity contribution in [3.8, 4) is 5.75 Å². The second kappa shape index (κ2) is 7.88. The van der Waals surface area contributed by atoms with Crippen LogP contribution in [0.4, 0.5) is 0 Å². The van der Waals surface area contributed by atoms with Crippen LogP contribution in [0, 0.1) is 0 Å². The van der Waals surface area contributed by atoms with Gasteiger partial charge in [-0.05, 0) is 36.9 Å². The molecule has 23 heavy (non-hydrogen) atoms. The van der Waals surface area contributed by atoms with Crippen molar-refractivity contribution in [2.45, 2.75) is 18.6 Å². The van der Waals surface area contributed by atoms with E-state index >= 15 is 0 Å². The zero-order valence-electron chi connectivity index (χ0n) is 13.2. The molecule has 3 nitrogen and oxygen atoms in total. The molecule has 0 saturated carbocycles. The average Bonchev–Trinajstić information content (AvgIpc) is 3.00. The molecule has 1 aliphatic heterocycles. The SMILES string of the molecule is CCOc1ccccc1C(=O)N1CCS[C@H](c2cccs2)CC1.